The second-order valence-electron chi connectivity index (χ2n) is 4.21. The Kier molecular flexibility index (Phi) is 7.72. The van der Waals surface area contributed by atoms with Crippen LogP contribution in [-0.2, 0) is 8.85 Å². The van der Waals surface area contributed by atoms with Crippen LogP contribution in [0.2, 0.25) is 6.04 Å². The molecule has 0 heterocycles. The molecule has 1 radical (unpaired) electrons. The molecule has 1 unspecified atom stereocenters. The first-order valence-electron chi connectivity index (χ1n) is 6.69. The van der Waals surface area contributed by atoms with Crippen molar-refractivity contribution in [2.45, 2.75) is 39.3 Å². The summed E-state index contributed by atoms with van der Waals surface area (Å²) in [5.74, 6) is 0. The lowest BCUT2D eigenvalue weighted by atomic mass is 10.2. The van der Waals surface area contributed by atoms with Crippen molar-refractivity contribution in [3.63, 3.8) is 0 Å². The van der Waals surface area contributed by atoms with Crippen LogP contribution in [0.3, 0.4) is 0 Å². The van der Waals surface area contributed by atoms with E-state index in [1.54, 1.807) is 0 Å². The van der Waals surface area contributed by atoms with Crippen LogP contribution in [0.1, 0.15) is 27.2 Å². The molecular weight excluding hydrogens is 242 g/mol. The highest BCUT2D eigenvalue weighted by Crippen LogP contribution is 2.09. The van der Waals surface area contributed by atoms with Gasteiger partial charge < -0.3 is 14.2 Å². The fraction of sp³-hybridized carbons (Fsp3) is 0.571. The number of hydrogen-bond donors (Lipinski definition) is 1. The van der Waals surface area contributed by atoms with E-state index in [-0.39, 0.29) is 0 Å². The molecule has 0 aliphatic rings. The highest BCUT2D eigenvalue weighted by Gasteiger charge is 2.12. The van der Waals surface area contributed by atoms with Gasteiger partial charge in [-0.05, 0) is 38.4 Å². The maximum atomic E-state index is 5.78. The maximum Gasteiger partial charge on any atom is 0.384 e. The van der Waals surface area contributed by atoms with Gasteiger partial charge in [-0.2, -0.15) is 0 Å². The van der Waals surface area contributed by atoms with Crippen molar-refractivity contribution < 1.29 is 8.85 Å². The summed E-state index contributed by atoms with van der Waals surface area (Å²) in [7, 11) is -1.03. The Bertz CT molecular complexity index is 308. The molecule has 0 aliphatic heterocycles. The Labute approximate surface area is 112 Å². The number of hydrogen-bond acceptors (Lipinski definition) is 3. The number of rotatable bonds is 9. The SMILES string of the molecule is CCO[Si](CC)OCCC(C)Nc1ccccc1. The van der Waals surface area contributed by atoms with Crippen molar-refractivity contribution in [1.82, 2.24) is 0 Å². The Hall–Kier alpha value is -0.843. The number of benzene rings is 1. The summed E-state index contributed by atoms with van der Waals surface area (Å²) in [5.41, 5.74) is 1.16. The maximum absolute atomic E-state index is 5.78. The molecule has 0 aromatic heterocycles. The van der Waals surface area contributed by atoms with Gasteiger partial charge in [-0.15, -0.1) is 0 Å². The van der Waals surface area contributed by atoms with Gasteiger partial charge in [0.2, 0.25) is 0 Å². The predicted octanol–water partition coefficient (Wildman–Crippen LogP) is 3.44. The lowest BCUT2D eigenvalue weighted by Gasteiger charge is -2.17. The molecular formula is C14H24NO2Si. The smallest absolute Gasteiger partial charge is 0.384 e. The number of anilines is 1. The minimum Gasteiger partial charge on any atom is -0.394 e. The zero-order valence-electron chi connectivity index (χ0n) is 11.6. The Balaban J connectivity index is 2.19. The summed E-state index contributed by atoms with van der Waals surface area (Å²) in [6, 6.07) is 11.7. The van der Waals surface area contributed by atoms with Gasteiger partial charge in [-0.3, -0.25) is 0 Å². The van der Waals surface area contributed by atoms with E-state index in [0.717, 1.165) is 31.4 Å². The second kappa shape index (κ2) is 9.14. The van der Waals surface area contributed by atoms with E-state index in [2.05, 4.69) is 31.3 Å². The molecule has 18 heavy (non-hydrogen) atoms. The molecule has 0 saturated carbocycles. The number of nitrogens with one attached hydrogen (secondary N) is 1. The van der Waals surface area contributed by atoms with Crippen LogP contribution in [0, 0.1) is 0 Å². The van der Waals surface area contributed by atoms with E-state index in [1.165, 1.54) is 0 Å². The molecule has 0 amide bonds. The summed E-state index contributed by atoms with van der Waals surface area (Å²) in [6.07, 6.45) is 0.996. The molecule has 1 aromatic carbocycles. The van der Waals surface area contributed by atoms with E-state index in [0.29, 0.717) is 6.04 Å². The average Bonchev–Trinajstić information content (AvgIpc) is 2.39. The zero-order valence-corrected chi connectivity index (χ0v) is 12.6. The van der Waals surface area contributed by atoms with Crippen LogP contribution in [0.5, 0.6) is 0 Å². The van der Waals surface area contributed by atoms with Crippen LogP contribution < -0.4 is 5.32 Å². The van der Waals surface area contributed by atoms with Crippen molar-refractivity contribution in [3.05, 3.63) is 30.3 Å². The minimum atomic E-state index is -1.03. The van der Waals surface area contributed by atoms with Gasteiger partial charge in [0.25, 0.3) is 0 Å². The number of para-hydroxylation sites is 1. The Morgan fingerprint density at radius 1 is 1.17 bits per heavy atom. The van der Waals surface area contributed by atoms with Gasteiger partial charge in [-0.25, -0.2) is 0 Å². The summed E-state index contributed by atoms with van der Waals surface area (Å²) >= 11 is 0. The first-order chi connectivity index (χ1) is 8.76. The topological polar surface area (TPSA) is 30.5 Å². The molecule has 1 atom stereocenters. The van der Waals surface area contributed by atoms with Gasteiger partial charge in [0.05, 0.1) is 0 Å². The lowest BCUT2D eigenvalue weighted by molar-refractivity contribution is 0.201. The van der Waals surface area contributed by atoms with Crippen LogP contribution in [0.15, 0.2) is 30.3 Å². The third kappa shape index (κ3) is 6.19. The van der Waals surface area contributed by atoms with Gasteiger partial charge >= 0.3 is 9.28 Å². The quantitative estimate of drug-likeness (QED) is 0.695. The van der Waals surface area contributed by atoms with Crippen molar-refractivity contribution >= 4 is 15.0 Å². The molecule has 0 bridgehead atoms. The standard InChI is InChI=1S/C14H24NO2Si/c1-4-16-18(5-2)17-12-11-13(3)15-14-9-7-6-8-10-14/h6-10,13,15H,4-5,11-12H2,1-3H3. The van der Waals surface area contributed by atoms with E-state index < -0.39 is 9.28 Å². The van der Waals surface area contributed by atoms with E-state index >= 15 is 0 Å². The van der Waals surface area contributed by atoms with E-state index in [9.17, 15) is 0 Å². The summed E-state index contributed by atoms with van der Waals surface area (Å²) in [4.78, 5) is 0. The zero-order chi connectivity index (χ0) is 13.2. The first-order valence-corrected chi connectivity index (χ1v) is 8.21. The highest BCUT2D eigenvalue weighted by molar-refractivity contribution is 6.44. The fourth-order valence-electron chi connectivity index (χ4n) is 1.65. The van der Waals surface area contributed by atoms with Crippen LogP contribution in [0.25, 0.3) is 0 Å². The average molecular weight is 266 g/mol. The molecule has 1 N–H and O–H groups in total. The fourth-order valence-corrected chi connectivity index (χ4v) is 2.81. The normalized spacial score (nSPS) is 12.7. The molecule has 0 spiro atoms. The molecule has 1 aromatic rings. The lowest BCUT2D eigenvalue weighted by Crippen LogP contribution is -2.25. The molecule has 101 valence electrons. The molecule has 0 aliphatic carbocycles. The van der Waals surface area contributed by atoms with Crippen molar-refractivity contribution in [1.29, 1.82) is 0 Å². The minimum absolute atomic E-state index is 0.411. The van der Waals surface area contributed by atoms with Crippen molar-refractivity contribution in [3.8, 4) is 0 Å². The Morgan fingerprint density at radius 2 is 1.89 bits per heavy atom. The van der Waals surface area contributed by atoms with E-state index in [4.69, 9.17) is 8.85 Å². The first kappa shape index (κ1) is 15.2. The molecule has 0 saturated heterocycles. The third-order valence-electron chi connectivity index (χ3n) is 2.59. The predicted molar refractivity (Wildman–Crippen MR) is 78.0 cm³/mol. The Morgan fingerprint density at radius 3 is 2.50 bits per heavy atom. The van der Waals surface area contributed by atoms with Gasteiger partial charge in [0.15, 0.2) is 0 Å². The van der Waals surface area contributed by atoms with Crippen molar-refractivity contribution in [2.75, 3.05) is 18.5 Å². The van der Waals surface area contributed by atoms with Gasteiger partial charge in [0.1, 0.15) is 0 Å². The van der Waals surface area contributed by atoms with Crippen LogP contribution in [-0.4, -0.2) is 28.5 Å². The van der Waals surface area contributed by atoms with E-state index in [1.807, 2.05) is 25.1 Å². The van der Waals surface area contributed by atoms with Gasteiger partial charge in [0, 0.05) is 24.9 Å². The monoisotopic (exact) mass is 266 g/mol. The summed E-state index contributed by atoms with van der Waals surface area (Å²) < 4.78 is 11.3. The van der Waals surface area contributed by atoms with Crippen molar-refractivity contribution in [2.24, 2.45) is 0 Å². The molecule has 4 heteroatoms. The largest absolute Gasteiger partial charge is 0.394 e. The summed E-state index contributed by atoms with van der Waals surface area (Å²) in [5, 5.41) is 3.46. The van der Waals surface area contributed by atoms with Crippen LogP contribution >= 0.6 is 0 Å². The van der Waals surface area contributed by atoms with Gasteiger partial charge in [-0.1, -0.05) is 25.1 Å². The molecule has 3 nitrogen and oxygen atoms in total. The summed E-state index contributed by atoms with van der Waals surface area (Å²) in [6.45, 7) is 7.83. The van der Waals surface area contributed by atoms with Crippen LogP contribution in [0.4, 0.5) is 5.69 Å². The molecule has 1 rings (SSSR count). The molecule has 0 fully saturated rings. The second-order valence-corrected chi connectivity index (χ2v) is 6.24. The highest BCUT2D eigenvalue weighted by atomic mass is 28.3. The third-order valence-corrected chi connectivity index (χ3v) is 4.31.